The molecule has 1 heterocycles. The fourth-order valence-corrected chi connectivity index (χ4v) is 3.62. The Hall–Kier alpha value is -0.240. The molecule has 0 bridgehead atoms. The first-order valence-electron chi connectivity index (χ1n) is 8.31. The van der Waals surface area contributed by atoms with Crippen LogP contribution in [0.15, 0.2) is 0 Å². The molecule has 2 aliphatic rings. The van der Waals surface area contributed by atoms with Crippen LogP contribution < -0.4 is 0 Å². The zero-order valence-electron chi connectivity index (χ0n) is 13.6. The van der Waals surface area contributed by atoms with Gasteiger partial charge in [0.25, 0.3) is 0 Å². The summed E-state index contributed by atoms with van der Waals surface area (Å²) in [6, 6.07) is 0. The Labute approximate surface area is 132 Å². The van der Waals surface area contributed by atoms with Gasteiger partial charge in [-0.1, -0.05) is 27.2 Å². The zero-order chi connectivity index (χ0) is 16.4. The van der Waals surface area contributed by atoms with Crippen molar-refractivity contribution in [3.63, 3.8) is 0 Å². The molecule has 22 heavy (non-hydrogen) atoms. The number of hydrogen-bond acceptors (Lipinski definition) is 6. The molecule has 6 nitrogen and oxygen atoms in total. The van der Waals surface area contributed by atoms with E-state index in [2.05, 4.69) is 20.8 Å². The van der Waals surface area contributed by atoms with E-state index < -0.39 is 37.3 Å². The van der Waals surface area contributed by atoms with Gasteiger partial charge in [-0.2, -0.15) is 0 Å². The number of rotatable bonds is 4. The van der Waals surface area contributed by atoms with E-state index in [0.717, 1.165) is 19.3 Å². The van der Waals surface area contributed by atoms with Crippen molar-refractivity contribution in [1.29, 1.82) is 0 Å². The van der Waals surface area contributed by atoms with Gasteiger partial charge in [0.2, 0.25) is 0 Å². The maximum Gasteiger partial charge on any atom is 0.186 e. The molecule has 2 fully saturated rings. The minimum atomic E-state index is -1.38. The topological polar surface area (TPSA) is 99.4 Å². The van der Waals surface area contributed by atoms with Crippen molar-refractivity contribution in [3.05, 3.63) is 0 Å². The predicted molar refractivity (Wildman–Crippen MR) is 80.0 cm³/mol. The Morgan fingerprint density at radius 2 is 1.77 bits per heavy atom. The lowest BCUT2D eigenvalue weighted by Gasteiger charge is -2.44. The van der Waals surface area contributed by atoms with Crippen molar-refractivity contribution in [2.24, 2.45) is 17.8 Å². The summed E-state index contributed by atoms with van der Waals surface area (Å²) >= 11 is 0. The van der Waals surface area contributed by atoms with Gasteiger partial charge in [-0.25, -0.2) is 0 Å². The van der Waals surface area contributed by atoms with Gasteiger partial charge in [-0.3, -0.25) is 0 Å². The second-order valence-electron chi connectivity index (χ2n) is 7.20. The maximum atomic E-state index is 10.1. The lowest BCUT2D eigenvalue weighted by molar-refractivity contribution is -0.318. The Balaban J connectivity index is 2.06. The second-order valence-corrected chi connectivity index (χ2v) is 7.20. The van der Waals surface area contributed by atoms with Gasteiger partial charge in [-0.05, 0) is 30.6 Å². The molecular formula is C16H30O6. The van der Waals surface area contributed by atoms with Crippen LogP contribution in [0.25, 0.3) is 0 Å². The van der Waals surface area contributed by atoms with Crippen LogP contribution in [-0.4, -0.2) is 63.8 Å². The van der Waals surface area contributed by atoms with E-state index in [1.54, 1.807) is 0 Å². The highest BCUT2D eigenvalue weighted by atomic mass is 16.7. The molecule has 1 saturated heterocycles. The Morgan fingerprint density at radius 3 is 2.36 bits per heavy atom. The summed E-state index contributed by atoms with van der Waals surface area (Å²) in [7, 11) is 0. The van der Waals surface area contributed by atoms with Gasteiger partial charge in [0.15, 0.2) is 6.29 Å². The van der Waals surface area contributed by atoms with Crippen LogP contribution in [0, 0.1) is 17.8 Å². The quantitative estimate of drug-likeness (QED) is 0.593. The number of aliphatic hydroxyl groups is 4. The van der Waals surface area contributed by atoms with E-state index in [1.165, 1.54) is 0 Å². The summed E-state index contributed by atoms with van der Waals surface area (Å²) in [5, 5.41) is 39.0. The molecule has 0 radical (unpaired) electrons. The van der Waals surface area contributed by atoms with Crippen LogP contribution in [0.2, 0.25) is 0 Å². The molecule has 0 amide bonds. The predicted octanol–water partition coefficient (Wildman–Crippen LogP) is 0.264. The van der Waals surface area contributed by atoms with Crippen molar-refractivity contribution >= 4 is 0 Å². The highest BCUT2D eigenvalue weighted by molar-refractivity contribution is 4.90. The van der Waals surface area contributed by atoms with Gasteiger partial charge >= 0.3 is 0 Å². The summed E-state index contributed by atoms with van der Waals surface area (Å²) in [5.74, 6) is 1.39. The van der Waals surface area contributed by atoms with E-state index in [1.807, 2.05) is 0 Å². The monoisotopic (exact) mass is 318 g/mol. The molecular weight excluding hydrogens is 288 g/mol. The fourth-order valence-electron chi connectivity index (χ4n) is 3.62. The molecule has 130 valence electrons. The molecule has 8 atom stereocenters. The molecule has 1 saturated carbocycles. The first-order chi connectivity index (χ1) is 10.3. The summed E-state index contributed by atoms with van der Waals surface area (Å²) in [6.45, 7) is 6.06. The molecule has 0 aromatic rings. The minimum absolute atomic E-state index is 0.0508. The Bertz CT molecular complexity index is 348. The molecule has 0 aromatic carbocycles. The van der Waals surface area contributed by atoms with E-state index in [4.69, 9.17) is 9.47 Å². The highest BCUT2D eigenvalue weighted by Crippen LogP contribution is 2.37. The molecule has 6 heteroatoms. The summed E-state index contributed by atoms with van der Waals surface area (Å²) < 4.78 is 11.4. The van der Waals surface area contributed by atoms with Crippen molar-refractivity contribution in [2.45, 2.75) is 76.8 Å². The third kappa shape index (κ3) is 3.80. The van der Waals surface area contributed by atoms with Crippen LogP contribution in [-0.2, 0) is 9.47 Å². The van der Waals surface area contributed by atoms with Gasteiger partial charge in [0.1, 0.15) is 24.4 Å². The van der Waals surface area contributed by atoms with Crippen molar-refractivity contribution in [3.8, 4) is 0 Å². The van der Waals surface area contributed by atoms with Crippen molar-refractivity contribution < 1.29 is 29.9 Å². The smallest absolute Gasteiger partial charge is 0.186 e. The maximum absolute atomic E-state index is 10.1. The molecule has 1 aliphatic heterocycles. The van der Waals surface area contributed by atoms with E-state index >= 15 is 0 Å². The van der Waals surface area contributed by atoms with Crippen molar-refractivity contribution in [2.75, 3.05) is 6.61 Å². The molecule has 1 aliphatic carbocycles. The number of aliphatic hydroxyl groups excluding tert-OH is 4. The summed E-state index contributed by atoms with van der Waals surface area (Å²) in [6.07, 6.45) is -2.90. The third-order valence-corrected chi connectivity index (χ3v) is 5.12. The molecule has 4 N–H and O–H groups in total. The average Bonchev–Trinajstić information content (AvgIpc) is 2.47. The SMILES string of the molecule is CC1CCC(C(C)C)C(OC2OC(CO)C(O)C(O)C2O)C1. The zero-order valence-corrected chi connectivity index (χ0v) is 13.6. The van der Waals surface area contributed by atoms with E-state index in [-0.39, 0.29) is 6.10 Å². The van der Waals surface area contributed by atoms with Gasteiger partial charge in [0, 0.05) is 0 Å². The van der Waals surface area contributed by atoms with Crippen LogP contribution in [0.5, 0.6) is 0 Å². The van der Waals surface area contributed by atoms with Crippen LogP contribution >= 0.6 is 0 Å². The lowest BCUT2D eigenvalue weighted by Crippen LogP contribution is -2.60. The normalized spacial score (nSPS) is 46.9. The average molecular weight is 318 g/mol. The largest absolute Gasteiger partial charge is 0.394 e. The Kier molecular flexibility index (Phi) is 6.22. The van der Waals surface area contributed by atoms with Gasteiger partial charge < -0.3 is 29.9 Å². The van der Waals surface area contributed by atoms with Crippen LogP contribution in [0.1, 0.15) is 40.0 Å². The first kappa shape index (κ1) is 18.1. The van der Waals surface area contributed by atoms with Gasteiger partial charge in [-0.15, -0.1) is 0 Å². The lowest BCUT2D eigenvalue weighted by atomic mass is 9.75. The van der Waals surface area contributed by atoms with Crippen molar-refractivity contribution in [1.82, 2.24) is 0 Å². The first-order valence-corrected chi connectivity index (χ1v) is 8.31. The highest BCUT2D eigenvalue weighted by Gasteiger charge is 2.46. The van der Waals surface area contributed by atoms with E-state index in [0.29, 0.717) is 17.8 Å². The number of hydrogen-bond donors (Lipinski definition) is 4. The molecule has 0 aromatic heterocycles. The molecule has 8 unspecified atom stereocenters. The molecule has 2 rings (SSSR count). The minimum Gasteiger partial charge on any atom is -0.394 e. The number of ether oxygens (including phenoxy) is 2. The standard InChI is InChI=1S/C16H30O6/c1-8(2)10-5-4-9(3)6-11(10)21-16-15(20)14(19)13(18)12(7-17)22-16/h8-20H,4-7H2,1-3H3. The Morgan fingerprint density at radius 1 is 1.09 bits per heavy atom. The summed E-state index contributed by atoms with van der Waals surface area (Å²) in [5.41, 5.74) is 0. The summed E-state index contributed by atoms with van der Waals surface area (Å²) in [4.78, 5) is 0. The molecule has 0 spiro atoms. The van der Waals surface area contributed by atoms with Crippen LogP contribution in [0.3, 0.4) is 0 Å². The van der Waals surface area contributed by atoms with Gasteiger partial charge in [0.05, 0.1) is 12.7 Å². The van der Waals surface area contributed by atoms with E-state index in [9.17, 15) is 20.4 Å². The second kappa shape index (κ2) is 7.55. The third-order valence-electron chi connectivity index (χ3n) is 5.12. The fraction of sp³-hybridized carbons (Fsp3) is 1.00. The van der Waals surface area contributed by atoms with Crippen LogP contribution in [0.4, 0.5) is 0 Å².